The molecule has 2 atom stereocenters. The van der Waals surface area contributed by atoms with Crippen molar-refractivity contribution in [3.8, 4) is 0 Å². The summed E-state index contributed by atoms with van der Waals surface area (Å²) in [5, 5.41) is 0. The molecule has 28 heavy (non-hydrogen) atoms. The van der Waals surface area contributed by atoms with Crippen LogP contribution in [0.25, 0.3) is 0 Å². The lowest BCUT2D eigenvalue weighted by Gasteiger charge is -2.33. The van der Waals surface area contributed by atoms with Gasteiger partial charge in [-0.15, -0.1) is 0 Å². The molecule has 1 heterocycles. The van der Waals surface area contributed by atoms with Gasteiger partial charge in [0.2, 0.25) is 0 Å². The second-order valence-electron chi connectivity index (χ2n) is 9.80. The summed E-state index contributed by atoms with van der Waals surface area (Å²) in [4.78, 5) is 1.98. The van der Waals surface area contributed by atoms with Gasteiger partial charge in [-0.2, -0.15) is 0 Å². The lowest BCUT2D eigenvalue weighted by atomic mass is 9.95. The van der Waals surface area contributed by atoms with Crippen molar-refractivity contribution >= 4 is 0 Å². The highest BCUT2D eigenvalue weighted by molar-refractivity contribution is 4.62. The van der Waals surface area contributed by atoms with E-state index in [4.69, 9.17) is 0 Å². The Morgan fingerprint density at radius 3 is 1.54 bits per heavy atom. The van der Waals surface area contributed by atoms with Crippen LogP contribution in [-0.2, 0) is 0 Å². The van der Waals surface area contributed by atoms with E-state index in [1.54, 1.807) is 0 Å². The molecule has 1 aliphatic rings. The van der Waals surface area contributed by atoms with Crippen LogP contribution in [-0.4, -0.2) is 19.1 Å². The van der Waals surface area contributed by atoms with Crippen LogP contribution in [0, 0.1) is 0 Å². The van der Waals surface area contributed by atoms with E-state index in [0.717, 1.165) is 6.04 Å². The molecule has 0 aliphatic carbocycles. The Labute approximate surface area is 179 Å². The zero-order valence-electron chi connectivity index (χ0n) is 20.0. The quantitative estimate of drug-likeness (QED) is 0.200. The van der Waals surface area contributed by atoms with E-state index in [0.29, 0.717) is 0 Å². The van der Waals surface area contributed by atoms with Crippen LogP contribution in [0.15, 0.2) is 0 Å². The van der Waals surface area contributed by atoms with Gasteiger partial charge < -0.3 is 4.90 Å². The summed E-state index contributed by atoms with van der Waals surface area (Å²) in [5.74, 6) is 0. The summed E-state index contributed by atoms with van der Waals surface area (Å²) in [6.07, 6.45) is 32.5. The lowest BCUT2D eigenvalue weighted by Crippen LogP contribution is -3.16. The smallest absolute Gasteiger partial charge is 0.0874 e. The molecule has 1 heteroatoms. The number of quaternary nitrogens is 1. The molecule has 0 radical (unpaired) electrons. The number of rotatable bonds is 20. The number of hydrogen-bond donors (Lipinski definition) is 1. The minimum absolute atomic E-state index is 1.01. The topological polar surface area (TPSA) is 4.44 Å². The standard InChI is InChI=1S/C27H55N/c1-3-5-7-9-11-12-13-14-15-16-17-19-23-27-24-20-22-26-28(27)25-21-18-10-8-6-4-2/h27H,3-26H2,1-2H3/p+1. The zero-order valence-corrected chi connectivity index (χ0v) is 20.0. The molecule has 0 aromatic carbocycles. The highest BCUT2D eigenvalue weighted by Gasteiger charge is 2.24. The Morgan fingerprint density at radius 2 is 1.00 bits per heavy atom. The van der Waals surface area contributed by atoms with Crippen molar-refractivity contribution in [3.05, 3.63) is 0 Å². The average Bonchev–Trinajstić information content (AvgIpc) is 2.72. The van der Waals surface area contributed by atoms with Crippen molar-refractivity contribution < 1.29 is 4.90 Å². The Balaban J connectivity index is 1.93. The van der Waals surface area contributed by atoms with Gasteiger partial charge in [0, 0.05) is 0 Å². The van der Waals surface area contributed by atoms with Gasteiger partial charge in [-0.05, 0) is 44.9 Å². The van der Waals surface area contributed by atoms with Crippen LogP contribution in [0.1, 0.15) is 155 Å². The fraction of sp³-hybridized carbons (Fsp3) is 1.00. The van der Waals surface area contributed by atoms with E-state index in [-0.39, 0.29) is 0 Å². The van der Waals surface area contributed by atoms with Crippen LogP contribution in [0.4, 0.5) is 0 Å². The van der Waals surface area contributed by atoms with Crippen molar-refractivity contribution in [2.75, 3.05) is 13.1 Å². The molecule has 0 saturated carbocycles. The first-order chi connectivity index (χ1) is 13.9. The van der Waals surface area contributed by atoms with Crippen LogP contribution in [0.3, 0.4) is 0 Å². The molecule has 168 valence electrons. The maximum absolute atomic E-state index is 2.32. The van der Waals surface area contributed by atoms with Gasteiger partial charge in [-0.25, -0.2) is 0 Å². The van der Waals surface area contributed by atoms with Gasteiger partial charge in [0.1, 0.15) is 0 Å². The Bertz CT molecular complexity index is 301. The van der Waals surface area contributed by atoms with Crippen molar-refractivity contribution in [2.24, 2.45) is 0 Å². The third-order valence-corrected chi connectivity index (χ3v) is 7.14. The van der Waals surface area contributed by atoms with E-state index in [1.807, 2.05) is 4.90 Å². The highest BCUT2D eigenvalue weighted by Crippen LogP contribution is 2.15. The number of hydrogen-bond acceptors (Lipinski definition) is 0. The molecule has 2 unspecified atom stereocenters. The first-order valence-electron chi connectivity index (χ1n) is 13.7. The minimum atomic E-state index is 1.01. The van der Waals surface area contributed by atoms with Gasteiger partial charge in [0.05, 0.1) is 19.1 Å². The zero-order chi connectivity index (χ0) is 20.1. The molecule has 0 amide bonds. The fourth-order valence-electron chi connectivity index (χ4n) is 5.19. The number of piperidine rings is 1. The molecule has 1 aliphatic heterocycles. The highest BCUT2D eigenvalue weighted by atomic mass is 15.2. The maximum atomic E-state index is 2.32. The summed E-state index contributed by atoms with van der Waals surface area (Å²) < 4.78 is 0. The molecule has 0 spiro atoms. The molecular formula is C27H56N+. The molecule has 1 rings (SSSR count). The molecule has 1 fully saturated rings. The monoisotopic (exact) mass is 394 g/mol. The van der Waals surface area contributed by atoms with Crippen molar-refractivity contribution in [1.82, 2.24) is 0 Å². The largest absolute Gasteiger partial charge is 0.333 e. The number of nitrogens with one attached hydrogen (secondary N) is 1. The SMILES string of the molecule is CCCCCCCCCCCCCCC1CCCC[NH+]1CCCCCCCC. The third kappa shape index (κ3) is 14.9. The summed E-state index contributed by atoms with van der Waals surface area (Å²) in [6, 6.07) is 1.01. The summed E-state index contributed by atoms with van der Waals surface area (Å²) in [6.45, 7) is 7.56. The van der Waals surface area contributed by atoms with Crippen molar-refractivity contribution in [1.29, 1.82) is 0 Å². The summed E-state index contributed by atoms with van der Waals surface area (Å²) in [7, 11) is 0. The van der Waals surface area contributed by atoms with Crippen LogP contribution >= 0.6 is 0 Å². The van der Waals surface area contributed by atoms with Crippen molar-refractivity contribution in [2.45, 2.75) is 161 Å². The third-order valence-electron chi connectivity index (χ3n) is 7.14. The van der Waals surface area contributed by atoms with E-state index < -0.39 is 0 Å². The average molecular weight is 395 g/mol. The number of likely N-dealkylation sites (tertiary alicyclic amines) is 1. The minimum Gasteiger partial charge on any atom is -0.333 e. The second kappa shape index (κ2) is 20.2. The first kappa shape index (κ1) is 26.0. The summed E-state index contributed by atoms with van der Waals surface area (Å²) in [5.41, 5.74) is 0. The molecular weight excluding hydrogens is 338 g/mol. The lowest BCUT2D eigenvalue weighted by molar-refractivity contribution is -0.931. The predicted octanol–water partition coefficient (Wildman–Crippen LogP) is 7.88. The molecule has 0 bridgehead atoms. The maximum Gasteiger partial charge on any atom is 0.0874 e. The molecule has 1 saturated heterocycles. The van der Waals surface area contributed by atoms with E-state index in [2.05, 4.69) is 13.8 Å². The van der Waals surface area contributed by atoms with Crippen LogP contribution in [0.2, 0.25) is 0 Å². The van der Waals surface area contributed by atoms with Crippen LogP contribution in [0.5, 0.6) is 0 Å². The van der Waals surface area contributed by atoms with Gasteiger partial charge in [0.25, 0.3) is 0 Å². The van der Waals surface area contributed by atoms with Gasteiger partial charge in [-0.3, -0.25) is 0 Å². The Kier molecular flexibility index (Phi) is 18.8. The van der Waals surface area contributed by atoms with Gasteiger partial charge >= 0.3 is 0 Å². The molecule has 1 N–H and O–H groups in total. The van der Waals surface area contributed by atoms with Crippen LogP contribution < -0.4 is 4.90 Å². The van der Waals surface area contributed by atoms with E-state index in [9.17, 15) is 0 Å². The predicted molar refractivity (Wildman–Crippen MR) is 127 cm³/mol. The van der Waals surface area contributed by atoms with Gasteiger partial charge in [-0.1, -0.05) is 110 Å². The van der Waals surface area contributed by atoms with Gasteiger partial charge in [0.15, 0.2) is 0 Å². The first-order valence-corrected chi connectivity index (χ1v) is 13.7. The van der Waals surface area contributed by atoms with Crippen molar-refractivity contribution in [3.63, 3.8) is 0 Å². The molecule has 0 aromatic heterocycles. The molecule has 1 nitrogen and oxygen atoms in total. The Morgan fingerprint density at radius 1 is 0.536 bits per heavy atom. The fourth-order valence-corrected chi connectivity index (χ4v) is 5.19. The summed E-state index contributed by atoms with van der Waals surface area (Å²) >= 11 is 0. The second-order valence-corrected chi connectivity index (χ2v) is 9.80. The Hall–Kier alpha value is -0.0400. The number of unbranched alkanes of at least 4 members (excludes halogenated alkanes) is 16. The normalized spacial score (nSPS) is 19.9. The van der Waals surface area contributed by atoms with E-state index in [1.165, 1.54) is 154 Å². The molecule has 0 aromatic rings. The van der Waals surface area contributed by atoms with E-state index >= 15 is 0 Å².